The molecule has 0 fully saturated rings. The number of hydrogen-bond acceptors (Lipinski definition) is 3. The lowest BCUT2D eigenvalue weighted by molar-refractivity contribution is -0.120. The number of aromatic carboxylic acids is 1. The molecule has 1 amide bonds. The fraction of sp³-hybridized carbons (Fsp3) is 0.429. The van der Waals surface area contributed by atoms with E-state index in [0.29, 0.717) is 0 Å². The van der Waals surface area contributed by atoms with Gasteiger partial charge in [0.1, 0.15) is 17.3 Å². The van der Waals surface area contributed by atoms with Gasteiger partial charge >= 0.3 is 5.97 Å². The fourth-order valence-corrected chi connectivity index (χ4v) is 1.88. The highest BCUT2D eigenvalue weighted by Gasteiger charge is 2.21. The van der Waals surface area contributed by atoms with Gasteiger partial charge in [0.2, 0.25) is 5.91 Å². The highest BCUT2D eigenvalue weighted by Crippen LogP contribution is 2.25. The average Bonchev–Trinajstić information content (AvgIpc) is 2.35. The molecule has 7 heteroatoms. The van der Waals surface area contributed by atoms with E-state index in [1.807, 2.05) is 0 Å². The predicted octanol–water partition coefficient (Wildman–Crippen LogP) is 2.01. The third kappa shape index (κ3) is 4.40. The van der Waals surface area contributed by atoms with Gasteiger partial charge in [-0.05, 0) is 32.9 Å². The number of carbonyl (C=O) groups excluding carboxylic acids is 1. The molecule has 0 saturated carbocycles. The maximum absolute atomic E-state index is 13.9. The number of halogens is 2. The number of nitrogens with one attached hydrogen (secondary N) is 1. The first-order valence-corrected chi connectivity index (χ1v) is 6.52. The summed E-state index contributed by atoms with van der Waals surface area (Å²) in [6.07, 6.45) is 0. The smallest absolute Gasteiger partial charge is 0.335 e. The second-order valence-corrected chi connectivity index (χ2v) is 4.83. The Labute approximate surface area is 121 Å². The van der Waals surface area contributed by atoms with Crippen LogP contribution in [0.25, 0.3) is 0 Å². The lowest BCUT2D eigenvalue weighted by Crippen LogP contribution is -2.40. The van der Waals surface area contributed by atoms with Gasteiger partial charge in [0.25, 0.3) is 0 Å². The summed E-state index contributed by atoms with van der Waals surface area (Å²) in [5, 5.41) is 11.4. The number of amides is 1. The molecular weight excluding hydrogens is 282 g/mol. The van der Waals surface area contributed by atoms with Crippen LogP contribution in [-0.2, 0) is 4.79 Å². The third-order valence-corrected chi connectivity index (χ3v) is 2.75. The topological polar surface area (TPSA) is 69.6 Å². The van der Waals surface area contributed by atoms with Crippen molar-refractivity contribution in [3.8, 4) is 0 Å². The second kappa shape index (κ2) is 7.01. The number of carboxylic acids is 1. The first-order chi connectivity index (χ1) is 9.76. The zero-order valence-electron chi connectivity index (χ0n) is 12.1. The Kier molecular flexibility index (Phi) is 5.63. The number of carboxylic acid groups (broad SMARTS) is 1. The van der Waals surface area contributed by atoms with E-state index in [4.69, 9.17) is 5.11 Å². The van der Waals surface area contributed by atoms with E-state index in [0.717, 1.165) is 12.1 Å². The van der Waals surface area contributed by atoms with Gasteiger partial charge in [-0.25, -0.2) is 13.6 Å². The van der Waals surface area contributed by atoms with Crippen LogP contribution in [-0.4, -0.2) is 36.1 Å². The molecule has 0 unspecified atom stereocenters. The number of rotatable bonds is 6. The standard InChI is InChI=1S/C14H18F2N2O3/c1-4-18(7-12(19)17-8(2)3)13-10(15)5-9(14(20)21)6-11(13)16/h5-6,8H,4,7H2,1-3H3,(H,17,19)(H,20,21). The Balaban J connectivity index is 3.06. The molecule has 116 valence electrons. The van der Waals surface area contributed by atoms with Crippen molar-refractivity contribution in [1.29, 1.82) is 0 Å². The van der Waals surface area contributed by atoms with Crippen molar-refractivity contribution in [1.82, 2.24) is 5.32 Å². The Morgan fingerprint density at radius 3 is 2.19 bits per heavy atom. The number of anilines is 1. The van der Waals surface area contributed by atoms with Crippen LogP contribution in [0.5, 0.6) is 0 Å². The second-order valence-electron chi connectivity index (χ2n) is 4.83. The average molecular weight is 300 g/mol. The van der Waals surface area contributed by atoms with E-state index < -0.39 is 28.9 Å². The lowest BCUT2D eigenvalue weighted by Gasteiger charge is -2.24. The van der Waals surface area contributed by atoms with Crippen molar-refractivity contribution in [2.75, 3.05) is 18.0 Å². The number of nitrogens with zero attached hydrogens (tertiary/aromatic N) is 1. The minimum atomic E-state index is -1.42. The lowest BCUT2D eigenvalue weighted by atomic mass is 10.1. The largest absolute Gasteiger partial charge is 0.478 e. The number of hydrogen-bond donors (Lipinski definition) is 2. The Morgan fingerprint density at radius 2 is 1.81 bits per heavy atom. The molecule has 5 nitrogen and oxygen atoms in total. The molecule has 0 saturated heterocycles. The molecule has 1 rings (SSSR count). The first-order valence-electron chi connectivity index (χ1n) is 6.52. The molecule has 2 N–H and O–H groups in total. The zero-order valence-corrected chi connectivity index (χ0v) is 12.1. The maximum Gasteiger partial charge on any atom is 0.335 e. The molecule has 1 aromatic carbocycles. The highest BCUT2D eigenvalue weighted by molar-refractivity contribution is 5.88. The molecule has 1 aromatic rings. The summed E-state index contributed by atoms with van der Waals surface area (Å²) in [6.45, 7) is 5.18. The summed E-state index contributed by atoms with van der Waals surface area (Å²) < 4.78 is 27.9. The zero-order chi connectivity index (χ0) is 16.2. The van der Waals surface area contributed by atoms with Crippen LogP contribution in [0.3, 0.4) is 0 Å². The first kappa shape index (κ1) is 16.9. The van der Waals surface area contributed by atoms with Crippen LogP contribution >= 0.6 is 0 Å². The van der Waals surface area contributed by atoms with Crippen molar-refractivity contribution < 1.29 is 23.5 Å². The van der Waals surface area contributed by atoms with Crippen LogP contribution < -0.4 is 10.2 Å². The quantitative estimate of drug-likeness (QED) is 0.843. The van der Waals surface area contributed by atoms with Gasteiger partial charge in [-0.2, -0.15) is 0 Å². The molecule has 0 aromatic heterocycles. The minimum absolute atomic E-state index is 0.0831. The van der Waals surface area contributed by atoms with E-state index in [1.165, 1.54) is 4.90 Å². The molecule has 0 atom stereocenters. The number of likely N-dealkylation sites (N-methyl/N-ethyl adjacent to an activating group) is 1. The van der Waals surface area contributed by atoms with Crippen molar-refractivity contribution in [3.05, 3.63) is 29.3 Å². The molecule has 0 bridgehead atoms. The summed E-state index contributed by atoms with van der Waals surface area (Å²) in [5.74, 6) is -3.80. The molecule has 0 aliphatic carbocycles. The van der Waals surface area contributed by atoms with E-state index in [-0.39, 0.29) is 25.0 Å². The predicted molar refractivity (Wildman–Crippen MR) is 74.5 cm³/mol. The van der Waals surface area contributed by atoms with Gasteiger partial charge in [0.15, 0.2) is 0 Å². The van der Waals surface area contributed by atoms with Gasteiger partial charge < -0.3 is 15.3 Å². The number of carbonyl (C=O) groups is 2. The minimum Gasteiger partial charge on any atom is -0.478 e. The summed E-state index contributed by atoms with van der Waals surface area (Å²) in [4.78, 5) is 23.7. The molecular formula is C14H18F2N2O3. The fourth-order valence-electron chi connectivity index (χ4n) is 1.88. The highest BCUT2D eigenvalue weighted by atomic mass is 19.1. The normalized spacial score (nSPS) is 10.6. The molecule has 0 spiro atoms. The Bertz CT molecular complexity index is 524. The summed E-state index contributed by atoms with van der Waals surface area (Å²) in [6, 6.07) is 1.40. The molecule has 0 radical (unpaired) electrons. The summed E-state index contributed by atoms with van der Waals surface area (Å²) in [5.41, 5.74) is -0.877. The molecule has 21 heavy (non-hydrogen) atoms. The van der Waals surface area contributed by atoms with Crippen molar-refractivity contribution in [3.63, 3.8) is 0 Å². The van der Waals surface area contributed by atoms with Crippen LogP contribution in [0.1, 0.15) is 31.1 Å². The molecule has 0 heterocycles. The Morgan fingerprint density at radius 1 is 1.29 bits per heavy atom. The van der Waals surface area contributed by atoms with Crippen molar-refractivity contribution >= 4 is 17.6 Å². The number of benzene rings is 1. The third-order valence-electron chi connectivity index (χ3n) is 2.75. The van der Waals surface area contributed by atoms with Crippen LogP contribution in [0.4, 0.5) is 14.5 Å². The van der Waals surface area contributed by atoms with Gasteiger partial charge in [0.05, 0.1) is 12.1 Å². The van der Waals surface area contributed by atoms with Gasteiger partial charge in [-0.1, -0.05) is 0 Å². The van der Waals surface area contributed by atoms with E-state index in [9.17, 15) is 18.4 Å². The van der Waals surface area contributed by atoms with E-state index in [1.54, 1.807) is 20.8 Å². The Hall–Kier alpha value is -2.18. The summed E-state index contributed by atoms with van der Waals surface area (Å²) in [7, 11) is 0. The van der Waals surface area contributed by atoms with E-state index in [2.05, 4.69) is 5.32 Å². The molecule has 0 aliphatic rings. The van der Waals surface area contributed by atoms with Gasteiger partial charge in [-0.3, -0.25) is 4.79 Å². The van der Waals surface area contributed by atoms with Crippen molar-refractivity contribution in [2.24, 2.45) is 0 Å². The SMILES string of the molecule is CCN(CC(=O)NC(C)C)c1c(F)cc(C(=O)O)cc1F. The molecule has 0 aliphatic heterocycles. The van der Waals surface area contributed by atoms with Gasteiger partial charge in [0, 0.05) is 12.6 Å². The maximum atomic E-state index is 13.9. The monoisotopic (exact) mass is 300 g/mol. The van der Waals surface area contributed by atoms with Gasteiger partial charge in [-0.15, -0.1) is 0 Å². The van der Waals surface area contributed by atoms with Crippen LogP contribution in [0, 0.1) is 11.6 Å². The van der Waals surface area contributed by atoms with Crippen LogP contribution in [0.15, 0.2) is 12.1 Å². The van der Waals surface area contributed by atoms with E-state index >= 15 is 0 Å². The van der Waals surface area contributed by atoms with Crippen molar-refractivity contribution in [2.45, 2.75) is 26.8 Å². The van der Waals surface area contributed by atoms with Crippen LogP contribution in [0.2, 0.25) is 0 Å². The summed E-state index contributed by atoms with van der Waals surface area (Å²) >= 11 is 0.